The molecule has 4 nitrogen and oxygen atoms in total. The average molecular weight is 263 g/mol. The molecule has 0 atom stereocenters. The zero-order valence-corrected chi connectivity index (χ0v) is 11.9. The van der Waals surface area contributed by atoms with Gasteiger partial charge in [-0.1, -0.05) is 44.2 Å². The van der Waals surface area contributed by atoms with E-state index in [9.17, 15) is 0 Å². The lowest BCUT2D eigenvalue weighted by molar-refractivity contribution is 0.125. The maximum atomic E-state index is 5.74. The van der Waals surface area contributed by atoms with Crippen LogP contribution in [0.4, 0.5) is 0 Å². The van der Waals surface area contributed by atoms with Crippen LogP contribution < -0.4 is 11.1 Å². The van der Waals surface area contributed by atoms with Crippen molar-refractivity contribution in [2.45, 2.75) is 26.9 Å². The van der Waals surface area contributed by atoms with Gasteiger partial charge < -0.3 is 15.8 Å². The minimum absolute atomic E-state index is 0.504. The molecule has 0 saturated heterocycles. The highest BCUT2D eigenvalue weighted by Crippen LogP contribution is 2.00. The highest BCUT2D eigenvalue weighted by atomic mass is 16.5. The molecule has 0 aliphatic heterocycles. The molecule has 0 aliphatic carbocycles. The Morgan fingerprint density at radius 3 is 2.74 bits per heavy atom. The summed E-state index contributed by atoms with van der Waals surface area (Å²) >= 11 is 0. The van der Waals surface area contributed by atoms with Gasteiger partial charge in [-0.3, -0.25) is 4.99 Å². The van der Waals surface area contributed by atoms with Crippen LogP contribution in [-0.2, 0) is 11.3 Å². The van der Waals surface area contributed by atoms with Crippen molar-refractivity contribution in [1.29, 1.82) is 0 Å². The quantitative estimate of drug-likeness (QED) is 0.429. The molecule has 0 bridgehead atoms. The minimum Gasteiger partial charge on any atom is -0.375 e. The molecule has 0 aliphatic rings. The monoisotopic (exact) mass is 263 g/mol. The number of aliphatic imine (C=N–C) groups is 1. The van der Waals surface area contributed by atoms with Gasteiger partial charge in [-0.2, -0.15) is 0 Å². The van der Waals surface area contributed by atoms with Crippen molar-refractivity contribution in [3.05, 3.63) is 35.9 Å². The summed E-state index contributed by atoms with van der Waals surface area (Å²) in [6.07, 6.45) is 1.06. The Bertz CT molecular complexity index is 363. The molecule has 0 saturated carbocycles. The van der Waals surface area contributed by atoms with E-state index in [0.717, 1.165) is 13.0 Å². The summed E-state index contributed by atoms with van der Waals surface area (Å²) < 4.78 is 5.54. The van der Waals surface area contributed by atoms with Crippen molar-refractivity contribution in [1.82, 2.24) is 5.32 Å². The van der Waals surface area contributed by atoms with Gasteiger partial charge in [0, 0.05) is 13.1 Å². The highest BCUT2D eigenvalue weighted by molar-refractivity contribution is 5.77. The number of nitrogens with zero attached hydrogens (tertiary/aromatic N) is 1. The molecule has 1 rings (SSSR count). The first-order valence-electron chi connectivity index (χ1n) is 6.84. The van der Waals surface area contributed by atoms with Crippen molar-refractivity contribution in [2.24, 2.45) is 16.6 Å². The number of ether oxygens (including phenoxy) is 1. The summed E-state index contributed by atoms with van der Waals surface area (Å²) in [5.74, 6) is 1.16. The van der Waals surface area contributed by atoms with Crippen molar-refractivity contribution in [2.75, 3.05) is 19.7 Å². The number of hydrogen-bond donors (Lipinski definition) is 2. The van der Waals surface area contributed by atoms with Crippen LogP contribution in [0.5, 0.6) is 0 Å². The van der Waals surface area contributed by atoms with Gasteiger partial charge in [0.1, 0.15) is 0 Å². The zero-order valence-electron chi connectivity index (χ0n) is 11.9. The van der Waals surface area contributed by atoms with Crippen LogP contribution in [-0.4, -0.2) is 25.7 Å². The van der Waals surface area contributed by atoms with E-state index in [1.54, 1.807) is 0 Å². The highest BCUT2D eigenvalue weighted by Gasteiger charge is 1.95. The summed E-state index contributed by atoms with van der Waals surface area (Å²) in [5.41, 5.74) is 6.92. The number of guanidine groups is 1. The predicted octanol–water partition coefficient (Wildman–Crippen LogP) is 2.15. The number of nitrogens with two attached hydrogens (primary N) is 1. The molecular weight excluding hydrogens is 238 g/mol. The first-order chi connectivity index (χ1) is 9.18. The van der Waals surface area contributed by atoms with E-state index in [1.165, 1.54) is 5.56 Å². The summed E-state index contributed by atoms with van der Waals surface area (Å²) in [6.45, 7) is 7.07. The third-order valence-corrected chi connectivity index (χ3v) is 2.65. The lowest BCUT2D eigenvalue weighted by atomic mass is 10.1. The maximum absolute atomic E-state index is 5.74. The van der Waals surface area contributed by atoms with Crippen molar-refractivity contribution in [3.63, 3.8) is 0 Å². The molecule has 0 radical (unpaired) electrons. The van der Waals surface area contributed by atoms with Crippen molar-refractivity contribution < 1.29 is 4.74 Å². The fourth-order valence-corrected chi connectivity index (χ4v) is 1.51. The third kappa shape index (κ3) is 8.21. The van der Waals surface area contributed by atoms with E-state index < -0.39 is 0 Å². The Hall–Kier alpha value is -1.55. The summed E-state index contributed by atoms with van der Waals surface area (Å²) in [4.78, 5) is 4.25. The first-order valence-corrected chi connectivity index (χ1v) is 6.84. The third-order valence-electron chi connectivity index (χ3n) is 2.65. The normalized spacial score (nSPS) is 11.8. The molecule has 0 heterocycles. The van der Waals surface area contributed by atoms with Crippen LogP contribution in [0.25, 0.3) is 0 Å². The Balaban J connectivity index is 2.04. The lowest BCUT2D eigenvalue weighted by Crippen LogP contribution is -2.34. The summed E-state index contributed by atoms with van der Waals surface area (Å²) in [6, 6.07) is 10.1. The Labute approximate surface area is 116 Å². The Morgan fingerprint density at radius 2 is 2.05 bits per heavy atom. The molecule has 1 aromatic carbocycles. The van der Waals surface area contributed by atoms with Gasteiger partial charge in [-0.15, -0.1) is 0 Å². The van der Waals surface area contributed by atoms with E-state index in [1.807, 2.05) is 18.2 Å². The second-order valence-electron chi connectivity index (χ2n) is 4.91. The van der Waals surface area contributed by atoms with E-state index in [2.05, 4.69) is 36.3 Å². The Morgan fingerprint density at radius 1 is 1.32 bits per heavy atom. The zero-order chi connectivity index (χ0) is 13.9. The minimum atomic E-state index is 0.504. The molecule has 0 unspecified atom stereocenters. The molecule has 4 heteroatoms. The smallest absolute Gasteiger partial charge is 0.188 e. The molecule has 106 valence electrons. The molecule has 0 amide bonds. The molecule has 0 spiro atoms. The van der Waals surface area contributed by atoms with Crippen LogP contribution in [0, 0.1) is 5.92 Å². The molecule has 19 heavy (non-hydrogen) atoms. The fraction of sp³-hybridized carbons (Fsp3) is 0.533. The Kier molecular flexibility index (Phi) is 7.66. The van der Waals surface area contributed by atoms with E-state index in [0.29, 0.717) is 31.6 Å². The van der Waals surface area contributed by atoms with Crippen molar-refractivity contribution in [3.8, 4) is 0 Å². The molecule has 1 aromatic rings. The van der Waals surface area contributed by atoms with E-state index in [-0.39, 0.29) is 0 Å². The maximum Gasteiger partial charge on any atom is 0.188 e. The van der Waals surface area contributed by atoms with Gasteiger partial charge in [0.15, 0.2) is 5.96 Å². The SMILES string of the molecule is CC(C)CCN=C(N)NCCOCc1ccccc1. The number of benzene rings is 1. The van der Waals surface area contributed by atoms with Gasteiger partial charge in [-0.25, -0.2) is 0 Å². The van der Waals surface area contributed by atoms with Gasteiger partial charge in [0.25, 0.3) is 0 Å². The van der Waals surface area contributed by atoms with Gasteiger partial charge in [-0.05, 0) is 17.9 Å². The molecule has 0 fully saturated rings. The largest absolute Gasteiger partial charge is 0.375 e. The summed E-state index contributed by atoms with van der Waals surface area (Å²) in [7, 11) is 0. The molecule has 3 N–H and O–H groups in total. The number of nitrogens with one attached hydrogen (secondary N) is 1. The number of rotatable bonds is 8. The standard InChI is InChI=1S/C15H25N3O/c1-13(2)8-9-17-15(16)18-10-11-19-12-14-6-4-3-5-7-14/h3-7,13H,8-12H2,1-2H3,(H3,16,17,18). The fourth-order valence-electron chi connectivity index (χ4n) is 1.51. The van der Waals surface area contributed by atoms with Crippen LogP contribution in [0.3, 0.4) is 0 Å². The van der Waals surface area contributed by atoms with Crippen LogP contribution in [0.1, 0.15) is 25.8 Å². The first kappa shape index (κ1) is 15.5. The second kappa shape index (κ2) is 9.39. The van der Waals surface area contributed by atoms with Crippen LogP contribution in [0.2, 0.25) is 0 Å². The topological polar surface area (TPSA) is 59.6 Å². The number of hydrogen-bond acceptors (Lipinski definition) is 2. The predicted molar refractivity (Wildman–Crippen MR) is 80.0 cm³/mol. The van der Waals surface area contributed by atoms with Gasteiger partial charge in [0.2, 0.25) is 0 Å². The molecular formula is C15H25N3O. The van der Waals surface area contributed by atoms with Crippen molar-refractivity contribution >= 4 is 5.96 Å². The second-order valence-corrected chi connectivity index (χ2v) is 4.91. The van der Waals surface area contributed by atoms with Crippen LogP contribution >= 0.6 is 0 Å². The molecule has 0 aromatic heterocycles. The van der Waals surface area contributed by atoms with Gasteiger partial charge >= 0.3 is 0 Å². The lowest BCUT2D eigenvalue weighted by Gasteiger charge is -2.07. The average Bonchev–Trinajstić information content (AvgIpc) is 2.39. The van der Waals surface area contributed by atoms with E-state index in [4.69, 9.17) is 10.5 Å². The van der Waals surface area contributed by atoms with E-state index >= 15 is 0 Å². The van der Waals surface area contributed by atoms with Gasteiger partial charge in [0.05, 0.1) is 13.2 Å². The summed E-state index contributed by atoms with van der Waals surface area (Å²) in [5, 5.41) is 3.05. The van der Waals surface area contributed by atoms with Crippen LogP contribution in [0.15, 0.2) is 35.3 Å².